The number of para-hydroxylation sites is 1. The highest BCUT2D eigenvalue weighted by atomic mass is 19.4. The average Bonchev–Trinajstić information content (AvgIpc) is 3.67. The first-order valence-corrected chi connectivity index (χ1v) is 14.5. The molecular weight excluding hydrogens is 567 g/mol. The van der Waals surface area contributed by atoms with Gasteiger partial charge in [0.25, 0.3) is 0 Å². The average molecular weight is 600 g/mol. The lowest BCUT2D eigenvalue weighted by atomic mass is 9.99. The number of amides is 2. The minimum absolute atomic E-state index is 0.0252. The second-order valence-corrected chi connectivity index (χ2v) is 11.1. The van der Waals surface area contributed by atoms with Gasteiger partial charge in [0.15, 0.2) is 0 Å². The largest absolute Gasteiger partial charge is 0.573 e. The third-order valence-electron chi connectivity index (χ3n) is 8.15. The molecule has 3 heterocycles. The van der Waals surface area contributed by atoms with Gasteiger partial charge in [-0.3, -0.25) is 0 Å². The smallest absolute Gasteiger partial charge is 0.462 e. The number of anilines is 1. The summed E-state index contributed by atoms with van der Waals surface area (Å²) in [5, 5.41) is 7.07. The van der Waals surface area contributed by atoms with Crippen molar-refractivity contribution in [2.24, 2.45) is 0 Å². The molecule has 2 aromatic carbocycles. The molecule has 6 rings (SSSR count). The summed E-state index contributed by atoms with van der Waals surface area (Å²) in [5.74, 6) is 0.00660. The van der Waals surface area contributed by atoms with E-state index in [2.05, 4.69) is 15.2 Å². The maximum absolute atomic E-state index is 13.3. The Balaban J connectivity index is 1.13. The monoisotopic (exact) mass is 599 g/mol. The van der Waals surface area contributed by atoms with Crippen LogP contribution in [0.25, 0.3) is 11.3 Å². The van der Waals surface area contributed by atoms with Crippen LogP contribution in [0.3, 0.4) is 0 Å². The Kier molecular flexibility index (Phi) is 8.04. The minimum Gasteiger partial charge on any atom is -0.462 e. The van der Waals surface area contributed by atoms with Crippen molar-refractivity contribution in [1.29, 1.82) is 0 Å². The molecule has 1 aromatic heterocycles. The van der Waals surface area contributed by atoms with E-state index in [0.717, 1.165) is 25.7 Å². The maximum Gasteiger partial charge on any atom is 0.573 e. The molecule has 0 spiro atoms. The van der Waals surface area contributed by atoms with Gasteiger partial charge in [-0.2, -0.15) is 0 Å². The van der Waals surface area contributed by atoms with Gasteiger partial charge in [0, 0.05) is 34.8 Å². The SMILES string of the molecule is CCOC(=O)c1cccc(NC(=O)N2C3CCC2CC(OCc2c(-c4ccccc4OC(F)(F)F)noc2C2CC2)C3)c1. The van der Waals surface area contributed by atoms with Gasteiger partial charge in [-0.25, -0.2) is 9.59 Å². The third kappa shape index (κ3) is 6.48. The fraction of sp³-hybridized carbons (Fsp3) is 0.452. The highest BCUT2D eigenvalue weighted by molar-refractivity contribution is 5.94. The van der Waals surface area contributed by atoms with Crippen molar-refractivity contribution >= 4 is 17.7 Å². The summed E-state index contributed by atoms with van der Waals surface area (Å²) >= 11 is 0. The number of carbonyl (C=O) groups excluding carboxylic acids is 2. The first-order chi connectivity index (χ1) is 20.7. The number of carbonyl (C=O) groups is 2. The Bertz CT molecular complexity index is 1470. The number of alkyl halides is 3. The van der Waals surface area contributed by atoms with Gasteiger partial charge in [0.05, 0.1) is 24.9 Å². The van der Waals surface area contributed by atoms with Crippen LogP contribution in [0, 0.1) is 0 Å². The molecule has 3 aliphatic rings. The zero-order valence-electron chi connectivity index (χ0n) is 23.6. The highest BCUT2D eigenvalue weighted by Crippen LogP contribution is 2.46. The fourth-order valence-corrected chi connectivity index (χ4v) is 6.14. The van der Waals surface area contributed by atoms with Crippen LogP contribution in [-0.2, 0) is 16.1 Å². The number of fused-ring (bicyclic) bond motifs is 2. The van der Waals surface area contributed by atoms with E-state index in [4.69, 9.17) is 14.0 Å². The zero-order valence-corrected chi connectivity index (χ0v) is 23.6. The Hall–Kier alpha value is -4.06. The molecule has 9 nitrogen and oxygen atoms in total. The topological polar surface area (TPSA) is 103 Å². The molecule has 1 aliphatic carbocycles. The molecule has 2 aliphatic heterocycles. The predicted molar refractivity (Wildman–Crippen MR) is 148 cm³/mol. The molecule has 2 atom stereocenters. The molecule has 0 radical (unpaired) electrons. The van der Waals surface area contributed by atoms with Gasteiger partial charge in [-0.05, 0) is 75.8 Å². The quantitative estimate of drug-likeness (QED) is 0.263. The maximum atomic E-state index is 13.3. The number of nitrogens with one attached hydrogen (secondary N) is 1. The van der Waals surface area contributed by atoms with Gasteiger partial charge in [0.2, 0.25) is 0 Å². The highest BCUT2D eigenvalue weighted by Gasteiger charge is 2.44. The number of piperidine rings is 1. The number of nitrogens with zero attached hydrogens (tertiary/aromatic N) is 2. The number of urea groups is 1. The van der Waals surface area contributed by atoms with Crippen LogP contribution < -0.4 is 10.1 Å². The Morgan fingerprint density at radius 3 is 2.49 bits per heavy atom. The number of hydrogen-bond donors (Lipinski definition) is 1. The molecule has 2 amide bonds. The van der Waals surface area contributed by atoms with Crippen molar-refractivity contribution in [2.45, 2.75) is 82.5 Å². The molecule has 228 valence electrons. The summed E-state index contributed by atoms with van der Waals surface area (Å²) < 4.78 is 60.6. The van der Waals surface area contributed by atoms with Crippen LogP contribution >= 0.6 is 0 Å². The summed E-state index contributed by atoms with van der Waals surface area (Å²) in [7, 11) is 0. The van der Waals surface area contributed by atoms with Gasteiger partial charge in [0.1, 0.15) is 17.2 Å². The van der Waals surface area contributed by atoms with E-state index in [0.29, 0.717) is 35.4 Å². The lowest BCUT2D eigenvalue weighted by Crippen LogP contribution is -2.50. The number of benzene rings is 2. The van der Waals surface area contributed by atoms with E-state index in [1.807, 2.05) is 4.90 Å². The van der Waals surface area contributed by atoms with E-state index in [1.165, 1.54) is 18.2 Å². The van der Waals surface area contributed by atoms with Crippen molar-refractivity contribution in [3.05, 3.63) is 65.4 Å². The molecule has 1 saturated carbocycles. The first-order valence-electron chi connectivity index (χ1n) is 14.5. The van der Waals surface area contributed by atoms with E-state index >= 15 is 0 Å². The Morgan fingerprint density at radius 1 is 1.05 bits per heavy atom. The van der Waals surface area contributed by atoms with Crippen LogP contribution in [-0.4, -0.2) is 53.2 Å². The number of esters is 1. The van der Waals surface area contributed by atoms with E-state index < -0.39 is 12.3 Å². The number of aromatic nitrogens is 1. The molecule has 2 unspecified atom stereocenters. The van der Waals surface area contributed by atoms with E-state index in [9.17, 15) is 22.8 Å². The molecule has 3 aromatic rings. The van der Waals surface area contributed by atoms with E-state index in [-0.39, 0.29) is 60.4 Å². The standard InChI is InChI=1S/C31H32F3N3O6/c1-2-40-29(38)19-6-5-7-20(14-19)35-30(39)37-21-12-13-22(37)16-23(15-21)41-17-25-27(36-43-28(25)18-10-11-18)24-8-3-4-9-26(24)42-31(32,33)34/h3-9,14,18,21-23H,2,10-13,15-17H2,1H3,(H,35,39). The fourth-order valence-electron chi connectivity index (χ4n) is 6.14. The third-order valence-corrected chi connectivity index (χ3v) is 8.15. The predicted octanol–water partition coefficient (Wildman–Crippen LogP) is 7.04. The molecule has 1 N–H and O–H groups in total. The molecule has 3 fully saturated rings. The second-order valence-electron chi connectivity index (χ2n) is 11.1. The van der Waals surface area contributed by atoms with Crippen LogP contribution in [0.1, 0.15) is 73.0 Å². The van der Waals surface area contributed by atoms with Crippen LogP contribution in [0.4, 0.5) is 23.7 Å². The van der Waals surface area contributed by atoms with Crippen molar-refractivity contribution in [2.75, 3.05) is 11.9 Å². The van der Waals surface area contributed by atoms with Gasteiger partial charge >= 0.3 is 18.4 Å². The van der Waals surface area contributed by atoms with Crippen LogP contribution in [0.5, 0.6) is 5.75 Å². The number of hydrogen-bond acceptors (Lipinski definition) is 7. The number of rotatable bonds is 9. The van der Waals surface area contributed by atoms with Gasteiger partial charge in [-0.1, -0.05) is 23.4 Å². The Labute approximate surface area is 246 Å². The van der Waals surface area contributed by atoms with Crippen molar-refractivity contribution < 1.29 is 41.5 Å². The second kappa shape index (κ2) is 11.9. The van der Waals surface area contributed by atoms with Crippen molar-refractivity contribution in [3.63, 3.8) is 0 Å². The molecule has 2 bridgehead atoms. The summed E-state index contributed by atoms with van der Waals surface area (Å²) in [4.78, 5) is 27.2. The van der Waals surface area contributed by atoms with Gasteiger partial charge < -0.3 is 29.0 Å². The number of ether oxygens (including phenoxy) is 3. The van der Waals surface area contributed by atoms with Crippen molar-refractivity contribution in [1.82, 2.24) is 10.1 Å². The van der Waals surface area contributed by atoms with Gasteiger partial charge in [-0.15, -0.1) is 13.2 Å². The summed E-state index contributed by atoms with van der Waals surface area (Å²) in [6.45, 7) is 2.12. The lowest BCUT2D eigenvalue weighted by molar-refractivity contribution is -0.274. The summed E-state index contributed by atoms with van der Waals surface area (Å²) in [6.07, 6.45) is -0.223. The molecule has 12 heteroatoms. The van der Waals surface area contributed by atoms with Crippen LogP contribution in [0.2, 0.25) is 0 Å². The van der Waals surface area contributed by atoms with Crippen molar-refractivity contribution in [3.8, 4) is 17.0 Å². The minimum atomic E-state index is -4.85. The Morgan fingerprint density at radius 2 is 1.79 bits per heavy atom. The normalized spacial score (nSPS) is 21.5. The first kappa shape index (κ1) is 29.0. The zero-order chi connectivity index (χ0) is 30.1. The van der Waals surface area contributed by atoms with E-state index in [1.54, 1.807) is 37.3 Å². The molecule has 2 saturated heterocycles. The number of halogens is 3. The summed E-state index contributed by atoms with van der Waals surface area (Å²) in [5.41, 5.74) is 1.98. The van der Waals surface area contributed by atoms with Crippen LogP contribution in [0.15, 0.2) is 53.1 Å². The molecule has 43 heavy (non-hydrogen) atoms. The molecular formula is C31H32F3N3O6. The summed E-state index contributed by atoms with van der Waals surface area (Å²) in [6, 6.07) is 12.2. The lowest BCUT2D eigenvalue weighted by Gasteiger charge is -2.38.